The number of amides is 1. The summed E-state index contributed by atoms with van der Waals surface area (Å²) in [5, 5.41) is 3.27. The van der Waals surface area contributed by atoms with Gasteiger partial charge in [0.05, 0.1) is 34.3 Å². The zero-order valence-electron chi connectivity index (χ0n) is 16.0. The molecule has 0 unspecified atom stereocenters. The van der Waals surface area contributed by atoms with Gasteiger partial charge in [-0.3, -0.25) is 4.79 Å². The van der Waals surface area contributed by atoms with Crippen molar-refractivity contribution < 1.29 is 34.9 Å². The van der Waals surface area contributed by atoms with Gasteiger partial charge in [-0.15, -0.1) is 0 Å². The van der Waals surface area contributed by atoms with Gasteiger partial charge in [0.25, 0.3) is 11.7 Å². The SMILES string of the molecule is O=C(C[n+]1cc(-c2ccc(Cl)c(Cl)c2)n2c1CCC2)Nc1ccccc1C(F)(F)F.[Cl-]. The molecule has 1 N–H and O–H groups in total. The standard InChI is InChI=1S/C21H16Cl2F3N3O.ClH/c22-15-8-7-13(10-16(15)23)18-11-28(20-6-3-9-29(18)20)12-19(30)27-17-5-2-1-4-14(17)21(24,25)26;/h1-2,4-5,7-8,10-11H,3,6,9,12H2;1H. The van der Waals surface area contributed by atoms with Gasteiger partial charge in [-0.25, -0.2) is 9.13 Å². The lowest BCUT2D eigenvalue weighted by Crippen LogP contribution is -3.00. The van der Waals surface area contributed by atoms with Crippen LogP contribution in [0.5, 0.6) is 0 Å². The number of hydrogen-bond donors (Lipinski definition) is 1. The van der Waals surface area contributed by atoms with Crippen LogP contribution in [0, 0.1) is 0 Å². The van der Waals surface area contributed by atoms with Gasteiger partial charge in [-0.2, -0.15) is 13.2 Å². The van der Waals surface area contributed by atoms with Gasteiger partial charge in [0.2, 0.25) is 0 Å². The summed E-state index contributed by atoms with van der Waals surface area (Å²) in [6.07, 6.45) is -1.03. The first-order chi connectivity index (χ1) is 14.2. The van der Waals surface area contributed by atoms with Crippen molar-refractivity contribution in [2.45, 2.75) is 32.1 Å². The van der Waals surface area contributed by atoms with Gasteiger partial charge in [-0.1, -0.05) is 35.3 Å². The molecule has 1 aromatic heterocycles. The van der Waals surface area contributed by atoms with E-state index in [0.29, 0.717) is 10.0 Å². The fourth-order valence-electron chi connectivity index (χ4n) is 3.72. The van der Waals surface area contributed by atoms with Crippen LogP contribution in [-0.2, 0) is 30.5 Å². The van der Waals surface area contributed by atoms with E-state index < -0.39 is 17.6 Å². The second kappa shape index (κ2) is 9.10. The number of halogens is 6. The van der Waals surface area contributed by atoms with Crippen LogP contribution in [0.2, 0.25) is 10.0 Å². The number of carbonyl (C=O) groups excluding carboxylic acids is 1. The monoisotopic (exact) mass is 489 g/mol. The van der Waals surface area contributed by atoms with E-state index in [0.717, 1.165) is 42.5 Å². The summed E-state index contributed by atoms with van der Waals surface area (Å²) >= 11 is 12.1. The normalized spacial score (nSPS) is 12.9. The Morgan fingerprint density at radius 3 is 2.58 bits per heavy atom. The molecule has 0 saturated carbocycles. The molecule has 164 valence electrons. The number of aromatic nitrogens is 2. The van der Waals surface area contributed by atoms with Gasteiger partial charge in [0.1, 0.15) is 6.20 Å². The van der Waals surface area contributed by atoms with Gasteiger partial charge >= 0.3 is 6.18 Å². The first-order valence-corrected chi connectivity index (χ1v) is 10.0. The van der Waals surface area contributed by atoms with Crippen molar-refractivity contribution in [1.29, 1.82) is 0 Å². The molecule has 31 heavy (non-hydrogen) atoms. The molecular weight excluding hydrogens is 474 g/mol. The molecule has 0 spiro atoms. The minimum absolute atomic E-state index is 0. The Hall–Kier alpha value is -2.22. The van der Waals surface area contributed by atoms with E-state index in [9.17, 15) is 18.0 Å². The fraction of sp³-hybridized carbons (Fsp3) is 0.238. The lowest BCUT2D eigenvalue weighted by molar-refractivity contribution is -0.690. The Balaban J connectivity index is 0.00000272. The van der Waals surface area contributed by atoms with Crippen LogP contribution in [0.4, 0.5) is 18.9 Å². The molecule has 0 saturated heterocycles. The van der Waals surface area contributed by atoms with E-state index in [1.54, 1.807) is 16.7 Å². The zero-order chi connectivity index (χ0) is 21.5. The number of hydrogen-bond acceptors (Lipinski definition) is 1. The summed E-state index contributed by atoms with van der Waals surface area (Å²) in [6, 6.07) is 10.2. The molecule has 1 aliphatic heterocycles. The van der Waals surface area contributed by atoms with Crippen molar-refractivity contribution in [1.82, 2.24) is 4.57 Å². The lowest BCUT2D eigenvalue weighted by Gasteiger charge is -2.13. The van der Waals surface area contributed by atoms with E-state index in [-0.39, 0.29) is 24.6 Å². The van der Waals surface area contributed by atoms with Crippen molar-refractivity contribution in [3.05, 3.63) is 70.1 Å². The number of benzene rings is 2. The van der Waals surface area contributed by atoms with Crippen LogP contribution in [-0.4, -0.2) is 10.5 Å². The molecule has 0 atom stereocenters. The highest BCUT2D eigenvalue weighted by Gasteiger charge is 2.34. The van der Waals surface area contributed by atoms with Crippen molar-refractivity contribution in [3.63, 3.8) is 0 Å². The van der Waals surface area contributed by atoms with E-state index in [2.05, 4.69) is 9.88 Å². The topological polar surface area (TPSA) is 37.9 Å². The quantitative estimate of drug-likeness (QED) is 0.561. The first-order valence-electron chi connectivity index (χ1n) is 9.27. The number of nitrogens with zero attached hydrogens (tertiary/aromatic N) is 2. The Morgan fingerprint density at radius 1 is 1.13 bits per heavy atom. The van der Waals surface area contributed by atoms with Crippen LogP contribution in [0.1, 0.15) is 17.8 Å². The molecule has 1 aliphatic rings. The summed E-state index contributed by atoms with van der Waals surface area (Å²) in [6.45, 7) is 0.694. The molecule has 3 aromatic rings. The Kier molecular flexibility index (Phi) is 6.88. The maximum atomic E-state index is 13.2. The number of alkyl halides is 3. The number of anilines is 1. The van der Waals surface area contributed by atoms with E-state index >= 15 is 0 Å². The highest BCUT2D eigenvalue weighted by molar-refractivity contribution is 6.42. The zero-order valence-corrected chi connectivity index (χ0v) is 18.3. The van der Waals surface area contributed by atoms with E-state index in [1.807, 2.05) is 12.3 Å². The number of imidazole rings is 1. The van der Waals surface area contributed by atoms with E-state index in [4.69, 9.17) is 23.2 Å². The fourth-order valence-corrected chi connectivity index (χ4v) is 4.01. The number of rotatable bonds is 4. The van der Waals surface area contributed by atoms with Crippen LogP contribution in [0.25, 0.3) is 11.3 Å². The lowest BCUT2D eigenvalue weighted by atomic mass is 10.1. The van der Waals surface area contributed by atoms with Gasteiger partial charge < -0.3 is 17.7 Å². The van der Waals surface area contributed by atoms with Gasteiger partial charge in [-0.05, 0) is 36.8 Å². The Bertz CT molecular complexity index is 1130. The van der Waals surface area contributed by atoms with Crippen LogP contribution in [0.15, 0.2) is 48.7 Å². The maximum absolute atomic E-state index is 13.2. The van der Waals surface area contributed by atoms with Crippen molar-refractivity contribution in [2.24, 2.45) is 0 Å². The molecule has 4 nitrogen and oxygen atoms in total. The molecule has 10 heteroatoms. The molecule has 2 heterocycles. The highest BCUT2D eigenvalue weighted by atomic mass is 35.5. The van der Waals surface area contributed by atoms with Crippen LogP contribution in [0.3, 0.4) is 0 Å². The molecule has 0 radical (unpaired) electrons. The molecule has 1 amide bonds. The molecular formula is C21H17Cl3F3N3O. The summed E-state index contributed by atoms with van der Waals surface area (Å²) in [4.78, 5) is 12.6. The predicted molar refractivity (Wildman–Crippen MR) is 108 cm³/mol. The van der Waals surface area contributed by atoms with Crippen molar-refractivity contribution in [3.8, 4) is 11.3 Å². The highest BCUT2D eigenvalue weighted by Crippen LogP contribution is 2.34. The smallest absolute Gasteiger partial charge is 0.418 e. The average molecular weight is 491 g/mol. The molecule has 4 rings (SSSR count). The number of nitrogens with one attached hydrogen (secondary N) is 1. The van der Waals surface area contributed by atoms with Crippen LogP contribution >= 0.6 is 23.2 Å². The molecule has 0 fully saturated rings. The predicted octanol–water partition coefficient (Wildman–Crippen LogP) is 2.36. The summed E-state index contributed by atoms with van der Waals surface area (Å²) in [7, 11) is 0. The number of carbonyl (C=O) groups is 1. The Morgan fingerprint density at radius 2 is 1.87 bits per heavy atom. The molecule has 0 bridgehead atoms. The van der Waals surface area contributed by atoms with Gasteiger partial charge in [0, 0.05) is 5.56 Å². The number of fused-ring (bicyclic) bond motifs is 1. The average Bonchev–Trinajstić information content (AvgIpc) is 3.27. The second-order valence-electron chi connectivity index (χ2n) is 7.03. The Labute approximate surface area is 193 Å². The molecule has 0 aliphatic carbocycles. The van der Waals surface area contributed by atoms with Crippen molar-refractivity contribution >= 4 is 34.8 Å². The minimum atomic E-state index is -4.55. The van der Waals surface area contributed by atoms with Gasteiger partial charge in [0.15, 0.2) is 12.2 Å². The third kappa shape index (κ3) is 4.84. The minimum Gasteiger partial charge on any atom is -1.00 e. The van der Waals surface area contributed by atoms with Crippen LogP contribution < -0.4 is 22.3 Å². The molecule has 2 aromatic carbocycles. The second-order valence-corrected chi connectivity index (χ2v) is 7.85. The van der Waals surface area contributed by atoms with Crippen molar-refractivity contribution in [2.75, 3.05) is 5.32 Å². The summed E-state index contributed by atoms with van der Waals surface area (Å²) < 4.78 is 43.4. The summed E-state index contributed by atoms with van der Waals surface area (Å²) in [5.41, 5.74) is 0.608. The number of para-hydroxylation sites is 1. The third-order valence-electron chi connectivity index (χ3n) is 5.03. The largest absolute Gasteiger partial charge is 1.00 e. The third-order valence-corrected chi connectivity index (χ3v) is 5.77. The summed E-state index contributed by atoms with van der Waals surface area (Å²) in [5.74, 6) is 0.410. The van der Waals surface area contributed by atoms with E-state index in [1.165, 1.54) is 18.2 Å². The first kappa shape index (κ1) is 23.4. The maximum Gasteiger partial charge on any atom is 0.418 e.